The van der Waals surface area contributed by atoms with Crippen molar-refractivity contribution in [1.82, 2.24) is 0 Å². The molecule has 84 valence electrons. The third-order valence-corrected chi connectivity index (χ3v) is 4.03. The van der Waals surface area contributed by atoms with Crippen molar-refractivity contribution in [1.29, 1.82) is 0 Å². The zero-order valence-electron chi connectivity index (χ0n) is 9.30. The fourth-order valence-corrected chi connectivity index (χ4v) is 3.17. The summed E-state index contributed by atoms with van der Waals surface area (Å²) in [5, 5.41) is 8.95. The van der Waals surface area contributed by atoms with E-state index in [-0.39, 0.29) is 12.0 Å². The number of fused-ring (bicyclic) bond motifs is 1. The molecule has 0 aromatic heterocycles. The molecule has 1 atom stereocenters. The second-order valence-corrected chi connectivity index (χ2v) is 4.95. The molecular formula is C13H20O2. The Kier molecular flexibility index (Phi) is 3.25. The van der Waals surface area contributed by atoms with E-state index in [4.69, 9.17) is 5.11 Å². The highest BCUT2D eigenvalue weighted by Gasteiger charge is 2.38. The summed E-state index contributed by atoms with van der Waals surface area (Å²) in [6.07, 6.45) is 10.5. The van der Waals surface area contributed by atoms with Crippen LogP contribution in [0.25, 0.3) is 0 Å². The van der Waals surface area contributed by atoms with Crippen LogP contribution in [-0.2, 0) is 4.79 Å². The lowest BCUT2D eigenvalue weighted by Gasteiger charge is -2.42. The molecule has 2 heteroatoms. The van der Waals surface area contributed by atoms with Crippen molar-refractivity contribution >= 4 is 5.78 Å². The van der Waals surface area contributed by atoms with Crippen LogP contribution < -0.4 is 0 Å². The van der Waals surface area contributed by atoms with Gasteiger partial charge in [-0.3, -0.25) is 4.79 Å². The van der Waals surface area contributed by atoms with Crippen molar-refractivity contribution in [3.63, 3.8) is 0 Å². The van der Waals surface area contributed by atoms with E-state index in [2.05, 4.69) is 0 Å². The van der Waals surface area contributed by atoms with Gasteiger partial charge in [0.25, 0.3) is 0 Å². The standard InChI is InChI=1S/C13H20O2/c14-9-3-7-13-6-2-1-4-11(13)10-12(15)5-8-13/h10,14H,1-9H2. The molecule has 2 nitrogen and oxygen atoms in total. The normalized spacial score (nSPS) is 31.0. The van der Waals surface area contributed by atoms with E-state index >= 15 is 0 Å². The summed E-state index contributed by atoms with van der Waals surface area (Å²) in [5.74, 6) is 0.312. The minimum absolute atomic E-state index is 0.281. The molecule has 2 aliphatic carbocycles. The van der Waals surface area contributed by atoms with Gasteiger partial charge in [-0.05, 0) is 50.0 Å². The first kappa shape index (κ1) is 10.9. The maximum atomic E-state index is 11.4. The lowest BCUT2D eigenvalue weighted by Crippen LogP contribution is -2.31. The van der Waals surface area contributed by atoms with Gasteiger partial charge in [-0.2, -0.15) is 0 Å². The third kappa shape index (κ3) is 2.15. The smallest absolute Gasteiger partial charge is 0.155 e. The van der Waals surface area contributed by atoms with Gasteiger partial charge in [-0.15, -0.1) is 0 Å². The Morgan fingerprint density at radius 2 is 2.13 bits per heavy atom. The van der Waals surface area contributed by atoms with Gasteiger partial charge in [-0.1, -0.05) is 12.0 Å². The van der Waals surface area contributed by atoms with Crippen LogP contribution in [0.1, 0.15) is 51.4 Å². The van der Waals surface area contributed by atoms with E-state index in [9.17, 15) is 4.79 Å². The number of carbonyl (C=O) groups is 1. The third-order valence-electron chi connectivity index (χ3n) is 4.03. The van der Waals surface area contributed by atoms with Crippen molar-refractivity contribution in [2.24, 2.45) is 5.41 Å². The van der Waals surface area contributed by atoms with E-state index < -0.39 is 0 Å². The fraction of sp³-hybridized carbons (Fsp3) is 0.769. The Hall–Kier alpha value is -0.630. The number of carbonyl (C=O) groups excluding carboxylic acids is 1. The molecule has 2 aliphatic rings. The average Bonchev–Trinajstić information content (AvgIpc) is 2.27. The molecule has 0 saturated heterocycles. The van der Waals surface area contributed by atoms with Crippen LogP contribution in [0, 0.1) is 5.41 Å². The van der Waals surface area contributed by atoms with E-state index in [0.29, 0.717) is 5.78 Å². The predicted octanol–water partition coefficient (Wildman–Crippen LogP) is 2.61. The van der Waals surface area contributed by atoms with Gasteiger partial charge in [0.1, 0.15) is 0 Å². The molecule has 1 unspecified atom stereocenters. The lowest BCUT2D eigenvalue weighted by atomic mass is 9.62. The fourth-order valence-electron chi connectivity index (χ4n) is 3.17. The summed E-state index contributed by atoms with van der Waals surface area (Å²) in [6, 6.07) is 0. The first-order chi connectivity index (χ1) is 7.27. The highest BCUT2D eigenvalue weighted by atomic mass is 16.2. The van der Waals surface area contributed by atoms with Gasteiger partial charge in [-0.25, -0.2) is 0 Å². The number of ketones is 1. The van der Waals surface area contributed by atoms with Crippen LogP contribution in [-0.4, -0.2) is 17.5 Å². The maximum Gasteiger partial charge on any atom is 0.155 e. The van der Waals surface area contributed by atoms with E-state index in [1.165, 1.54) is 24.8 Å². The van der Waals surface area contributed by atoms with Crippen LogP contribution >= 0.6 is 0 Å². The van der Waals surface area contributed by atoms with Crippen molar-refractivity contribution in [3.8, 4) is 0 Å². The van der Waals surface area contributed by atoms with Crippen LogP contribution in [0.15, 0.2) is 11.6 Å². The summed E-state index contributed by atoms with van der Waals surface area (Å²) in [7, 11) is 0. The zero-order valence-corrected chi connectivity index (χ0v) is 9.30. The Labute approximate surface area is 91.4 Å². The van der Waals surface area contributed by atoms with Crippen LogP contribution in [0.2, 0.25) is 0 Å². The summed E-state index contributed by atoms with van der Waals surface area (Å²) >= 11 is 0. The van der Waals surface area contributed by atoms with Gasteiger partial charge < -0.3 is 5.11 Å². The molecule has 1 saturated carbocycles. The summed E-state index contributed by atoms with van der Waals surface area (Å²) in [5.41, 5.74) is 1.67. The second kappa shape index (κ2) is 4.48. The molecule has 2 rings (SSSR count). The lowest BCUT2D eigenvalue weighted by molar-refractivity contribution is -0.116. The van der Waals surface area contributed by atoms with Crippen LogP contribution in [0.4, 0.5) is 0 Å². The molecule has 0 aromatic carbocycles. The quantitative estimate of drug-likeness (QED) is 0.774. The largest absolute Gasteiger partial charge is 0.396 e. The van der Waals surface area contributed by atoms with Crippen molar-refractivity contribution < 1.29 is 9.90 Å². The number of allylic oxidation sites excluding steroid dienone is 2. The number of hydrogen-bond acceptors (Lipinski definition) is 2. The van der Waals surface area contributed by atoms with E-state index in [1.54, 1.807) is 0 Å². The minimum Gasteiger partial charge on any atom is -0.396 e. The number of hydrogen-bond donors (Lipinski definition) is 1. The maximum absolute atomic E-state index is 11.4. The van der Waals surface area contributed by atoms with Crippen LogP contribution in [0.5, 0.6) is 0 Å². The monoisotopic (exact) mass is 208 g/mol. The molecular weight excluding hydrogens is 188 g/mol. The molecule has 0 amide bonds. The van der Waals surface area contributed by atoms with Crippen LogP contribution in [0.3, 0.4) is 0 Å². The summed E-state index contributed by atoms with van der Waals surface area (Å²) < 4.78 is 0. The highest BCUT2D eigenvalue weighted by molar-refractivity contribution is 5.91. The Balaban J connectivity index is 2.17. The average molecular weight is 208 g/mol. The highest BCUT2D eigenvalue weighted by Crippen LogP contribution is 2.49. The first-order valence-electron chi connectivity index (χ1n) is 6.12. The SMILES string of the molecule is O=C1C=C2CCCCC2(CCCO)CC1. The number of aliphatic hydroxyl groups is 1. The molecule has 15 heavy (non-hydrogen) atoms. The van der Waals surface area contributed by atoms with Gasteiger partial charge in [0.2, 0.25) is 0 Å². The topological polar surface area (TPSA) is 37.3 Å². The zero-order chi connectivity index (χ0) is 10.7. The molecule has 0 radical (unpaired) electrons. The molecule has 0 heterocycles. The molecule has 0 aromatic rings. The van der Waals surface area contributed by atoms with Gasteiger partial charge >= 0.3 is 0 Å². The first-order valence-corrected chi connectivity index (χ1v) is 6.12. The Bertz CT molecular complexity index is 280. The molecule has 0 aliphatic heterocycles. The molecule has 0 spiro atoms. The number of rotatable bonds is 3. The second-order valence-electron chi connectivity index (χ2n) is 4.95. The Morgan fingerprint density at radius 1 is 1.27 bits per heavy atom. The van der Waals surface area contributed by atoms with Gasteiger partial charge in [0.05, 0.1) is 0 Å². The molecule has 1 fully saturated rings. The minimum atomic E-state index is 0.281. The predicted molar refractivity (Wildman–Crippen MR) is 59.5 cm³/mol. The van der Waals surface area contributed by atoms with Gasteiger partial charge in [0, 0.05) is 13.0 Å². The Morgan fingerprint density at radius 3 is 2.93 bits per heavy atom. The van der Waals surface area contributed by atoms with E-state index in [1.807, 2.05) is 6.08 Å². The van der Waals surface area contributed by atoms with Gasteiger partial charge in [0.15, 0.2) is 5.78 Å². The van der Waals surface area contributed by atoms with Crippen molar-refractivity contribution in [2.75, 3.05) is 6.61 Å². The number of aliphatic hydroxyl groups excluding tert-OH is 1. The summed E-state index contributed by atoms with van der Waals surface area (Å²) in [6.45, 7) is 0.281. The summed E-state index contributed by atoms with van der Waals surface area (Å²) in [4.78, 5) is 11.4. The molecule has 0 bridgehead atoms. The van der Waals surface area contributed by atoms with Crippen molar-refractivity contribution in [3.05, 3.63) is 11.6 Å². The van der Waals surface area contributed by atoms with E-state index in [0.717, 1.165) is 32.1 Å². The van der Waals surface area contributed by atoms with Crippen molar-refractivity contribution in [2.45, 2.75) is 51.4 Å². The molecule has 1 N–H and O–H groups in total.